The molecule has 2 aromatic rings. The molecule has 5 nitrogen and oxygen atoms in total. The Hall–Kier alpha value is -1.70. The average Bonchev–Trinajstić information content (AvgIpc) is 2.89. The minimum absolute atomic E-state index is 0.000658. The first-order valence-electron chi connectivity index (χ1n) is 5.77. The number of carboxylic acids is 1. The van der Waals surface area contributed by atoms with Crippen LogP contribution >= 0.6 is 11.3 Å². The van der Waals surface area contributed by atoms with Gasteiger partial charge in [-0.05, 0) is 24.6 Å². The van der Waals surface area contributed by atoms with Gasteiger partial charge in [-0.2, -0.15) is 0 Å². The fourth-order valence-corrected chi connectivity index (χ4v) is 3.74. The first-order valence-corrected chi connectivity index (χ1v) is 8.07. The van der Waals surface area contributed by atoms with Gasteiger partial charge in [0.1, 0.15) is 9.09 Å². The Labute approximate surface area is 120 Å². The monoisotopic (exact) mass is 311 g/mol. The molecular formula is C13H13NO4S2. The van der Waals surface area contributed by atoms with E-state index >= 15 is 0 Å². The van der Waals surface area contributed by atoms with E-state index in [4.69, 9.17) is 5.11 Å². The van der Waals surface area contributed by atoms with Gasteiger partial charge in [0.2, 0.25) is 10.0 Å². The van der Waals surface area contributed by atoms with Crippen molar-refractivity contribution in [3.8, 4) is 0 Å². The van der Waals surface area contributed by atoms with Crippen LogP contribution in [-0.2, 0) is 16.6 Å². The molecule has 0 fully saturated rings. The number of carboxylic acid groups (broad SMARTS) is 1. The van der Waals surface area contributed by atoms with Crippen molar-refractivity contribution in [1.29, 1.82) is 0 Å². The summed E-state index contributed by atoms with van der Waals surface area (Å²) in [5, 5.41) is 8.79. The van der Waals surface area contributed by atoms with Crippen LogP contribution in [-0.4, -0.2) is 19.5 Å². The summed E-state index contributed by atoms with van der Waals surface area (Å²) in [6.45, 7) is 2.12. The lowest BCUT2D eigenvalue weighted by atomic mass is 10.2. The zero-order valence-corrected chi connectivity index (χ0v) is 12.3. The number of hydrogen-bond donors (Lipinski definition) is 2. The highest BCUT2D eigenvalue weighted by Gasteiger charge is 2.18. The van der Waals surface area contributed by atoms with E-state index in [1.807, 2.05) is 31.2 Å². The molecule has 1 aromatic heterocycles. The predicted octanol–water partition coefficient (Wildman–Crippen LogP) is 2.23. The number of rotatable bonds is 5. The first kappa shape index (κ1) is 14.7. The Kier molecular flexibility index (Phi) is 4.22. The van der Waals surface area contributed by atoms with E-state index < -0.39 is 16.0 Å². The molecule has 106 valence electrons. The smallest absolute Gasteiger partial charge is 0.345 e. The van der Waals surface area contributed by atoms with Crippen LogP contribution in [0.25, 0.3) is 0 Å². The second kappa shape index (κ2) is 5.74. The lowest BCUT2D eigenvalue weighted by Gasteiger charge is -2.05. The van der Waals surface area contributed by atoms with E-state index in [0.29, 0.717) is 0 Å². The van der Waals surface area contributed by atoms with Crippen LogP contribution in [0.15, 0.2) is 40.6 Å². The van der Waals surface area contributed by atoms with Gasteiger partial charge in [0, 0.05) is 6.54 Å². The Balaban J connectivity index is 2.10. The molecule has 0 radical (unpaired) electrons. The van der Waals surface area contributed by atoms with E-state index in [0.717, 1.165) is 22.5 Å². The quantitative estimate of drug-likeness (QED) is 0.887. The number of aromatic carboxylic acids is 1. The number of sulfonamides is 1. The van der Waals surface area contributed by atoms with Gasteiger partial charge in [0.25, 0.3) is 0 Å². The number of nitrogens with one attached hydrogen (secondary N) is 1. The maximum atomic E-state index is 12.0. The minimum Gasteiger partial charge on any atom is -0.477 e. The van der Waals surface area contributed by atoms with E-state index in [-0.39, 0.29) is 15.6 Å². The highest BCUT2D eigenvalue weighted by molar-refractivity contribution is 7.91. The van der Waals surface area contributed by atoms with Crippen molar-refractivity contribution >= 4 is 27.3 Å². The van der Waals surface area contributed by atoms with Gasteiger partial charge in [0.15, 0.2) is 0 Å². The van der Waals surface area contributed by atoms with Crippen LogP contribution in [0, 0.1) is 6.92 Å². The summed E-state index contributed by atoms with van der Waals surface area (Å²) in [4.78, 5) is 10.7. The fraction of sp³-hybridized carbons (Fsp3) is 0.154. The Morgan fingerprint density at radius 1 is 1.20 bits per heavy atom. The van der Waals surface area contributed by atoms with E-state index in [1.54, 1.807) is 0 Å². The molecule has 20 heavy (non-hydrogen) atoms. The maximum absolute atomic E-state index is 12.0. The van der Waals surface area contributed by atoms with E-state index in [1.165, 1.54) is 12.1 Å². The van der Waals surface area contributed by atoms with Crippen LogP contribution in [0.2, 0.25) is 0 Å². The van der Waals surface area contributed by atoms with Gasteiger partial charge in [-0.25, -0.2) is 17.9 Å². The molecule has 0 saturated heterocycles. The highest BCUT2D eigenvalue weighted by atomic mass is 32.2. The summed E-state index contributed by atoms with van der Waals surface area (Å²) >= 11 is 0.736. The molecule has 2 N–H and O–H groups in total. The van der Waals surface area contributed by atoms with Crippen LogP contribution in [0.3, 0.4) is 0 Å². The molecule has 0 atom stereocenters. The lowest BCUT2D eigenvalue weighted by molar-refractivity contribution is 0.0702. The normalized spacial score (nSPS) is 11.4. The first-order chi connectivity index (χ1) is 9.38. The molecule has 0 amide bonds. The lowest BCUT2D eigenvalue weighted by Crippen LogP contribution is -2.22. The summed E-state index contributed by atoms with van der Waals surface area (Å²) in [7, 11) is -3.68. The van der Waals surface area contributed by atoms with Crippen molar-refractivity contribution in [2.75, 3.05) is 0 Å². The van der Waals surface area contributed by atoms with Crippen molar-refractivity contribution in [2.45, 2.75) is 17.7 Å². The van der Waals surface area contributed by atoms with Crippen LogP contribution < -0.4 is 4.72 Å². The second-order valence-electron chi connectivity index (χ2n) is 4.23. The zero-order chi connectivity index (χ0) is 14.8. The Morgan fingerprint density at radius 3 is 2.40 bits per heavy atom. The van der Waals surface area contributed by atoms with Gasteiger partial charge in [0.05, 0.1) is 0 Å². The van der Waals surface area contributed by atoms with Crippen LogP contribution in [0.5, 0.6) is 0 Å². The molecule has 1 heterocycles. The van der Waals surface area contributed by atoms with Gasteiger partial charge >= 0.3 is 5.97 Å². The second-order valence-corrected chi connectivity index (χ2v) is 7.31. The van der Waals surface area contributed by atoms with Crippen molar-refractivity contribution in [3.05, 3.63) is 52.4 Å². The van der Waals surface area contributed by atoms with Crippen LogP contribution in [0.1, 0.15) is 20.8 Å². The molecule has 0 unspecified atom stereocenters. The molecular weight excluding hydrogens is 298 g/mol. The standard InChI is InChI=1S/C13H13NO4S2/c1-9-2-4-10(5-3-9)8-14-20(17,18)12-7-6-11(19-12)13(15)16/h2-7,14H,8H2,1H3,(H,15,16). The summed E-state index contributed by atoms with van der Waals surface area (Å²) in [6, 6.07) is 10.1. The van der Waals surface area contributed by atoms with Crippen molar-refractivity contribution in [2.24, 2.45) is 0 Å². The Bertz CT molecular complexity index is 717. The molecule has 0 aliphatic heterocycles. The number of aryl methyl sites for hydroxylation is 1. The summed E-state index contributed by atoms with van der Waals surface area (Å²) < 4.78 is 26.5. The molecule has 7 heteroatoms. The largest absolute Gasteiger partial charge is 0.477 e. The van der Waals surface area contributed by atoms with Crippen molar-refractivity contribution < 1.29 is 18.3 Å². The summed E-state index contributed by atoms with van der Waals surface area (Å²) in [5.74, 6) is -1.13. The SMILES string of the molecule is Cc1ccc(CNS(=O)(=O)c2ccc(C(=O)O)s2)cc1. The molecule has 0 aliphatic rings. The number of benzene rings is 1. The summed E-state index contributed by atoms with van der Waals surface area (Å²) in [6.07, 6.45) is 0. The van der Waals surface area contributed by atoms with Crippen molar-refractivity contribution in [1.82, 2.24) is 4.72 Å². The third-order valence-corrected chi connectivity index (χ3v) is 5.61. The van der Waals surface area contributed by atoms with Gasteiger partial charge in [-0.3, -0.25) is 0 Å². The number of hydrogen-bond acceptors (Lipinski definition) is 4. The van der Waals surface area contributed by atoms with Crippen molar-refractivity contribution in [3.63, 3.8) is 0 Å². The molecule has 0 bridgehead atoms. The minimum atomic E-state index is -3.68. The molecule has 0 saturated carbocycles. The third-order valence-electron chi connectivity index (χ3n) is 2.64. The van der Waals surface area contributed by atoms with Gasteiger partial charge in [-0.1, -0.05) is 29.8 Å². The number of thiophene rings is 1. The zero-order valence-electron chi connectivity index (χ0n) is 10.7. The summed E-state index contributed by atoms with van der Waals surface area (Å²) in [5.41, 5.74) is 1.94. The maximum Gasteiger partial charge on any atom is 0.345 e. The fourth-order valence-electron chi connectivity index (χ4n) is 1.53. The molecule has 2 rings (SSSR count). The van der Waals surface area contributed by atoms with Gasteiger partial charge < -0.3 is 5.11 Å². The molecule has 1 aromatic carbocycles. The van der Waals surface area contributed by atoms with E-state index in [9.17, 15) is 13.2 Å². The highest BCUT2D eigenvalue weighted by Crippen LogP contribution is 2.21. The molecule has 0 aliphatic carbocycles. The topological polar surface area (TPSA) is 83.5 Å². The molecule has 0 spiro atoms. The average molecular weight is 311 g/mol. The predicted molar refractivity (Wildman–Crippen MR) is 76.5 cm³/mol. The van der Waals surface area contributed by atoms with Crippen LogP contribution in [0.4, 0.5) is 0 Å². The third kappa shape index (κ3) is 3.44. The van der Waals surface area contributed by atoms with E-state index in [2.05, 4.69) is 4.72 Å². The van der Waals surface area contributed by atoms with Gasteiger partial charge in [-0.15, -0.1) is 11.3 Å². The number of carbonyl (C=O) groups is 1. The Morgan fingerprint density at radius 2 is 1.85 bits per heavy atom.